The summed E-state index contributed by atoms with van der Waals surface area (Å²) in [4.78, 5) is 31.1. The van der Waals surface area contributed by atoms with Gasteiger partial charge in [0.1, 0.15) is 12.7 Å². The van der Waals surface area contributed by atoms with E-state index in [1.807, 2.05) is 18.2 Å². The summed E-state index contributed by atoms with van der Waals surface area (Å²) in [6.45, 7) is 7.74. The second-order valence-corrected chi connectivity index (χ2v) is 9.09. The van der Waals surface area contributed by atoms with Crippen molar-refractivity contribution in [1.29, 1.82) is 0 Å². The first-order chi connectivity index (χ1) is 18.0. The van der Waals surface area contributed by atoms with E-state index >= 15 is 0 Å². The minimum absolute atomic E-state index is 0. The number of alkyl halides is 2. The number of halogens is 2. The van der Waals surface area contributed by atoms with Crippen molar-refractivity contribution < 1.29 is 23.0 Å². The topological polar surface area (TPSA) is 83.9 Å². The Morgan fingerprint density at radius 1 is 1.11 bits per heavy atom. The molecule has 9 nitrogen and oxygen atoms in total. The van der Waals surface area contributed by atoms with E-state index in [0.717, 1.165) is 43.2 Å². The number of hydrogen-bond acceptors (Lipinski definition) is 8. The van der Waals surface area contributed by atoms with Gasteiger partial charge in [-0.3, -0.25) is 9.78 Å². The molecular formula is C26H32F2N6O3S. The number of likely N-dealkylation sites (N-methyl/N-ethyl adjacent to an activating group) is 1. The van der Waals surface area contributed by atoms with E-state index in [0.29, 0.717) is 16.7 Å². The maximum absolute atomic E-state index is 12.8. The van der Waals surface area contributed by atoms with Crippen molar-refractivity contribution in [2.75, 3.05) is 63.9 Å². The molecule has 38 heavy (non-hydrogen) atoms. The van der Waals surface area contributed by atoms with E-state index in [1.54, 1.807) is 12.4 Å². The van der Waals surface area contributed by atoms with E-state index in [2.05, 4.69) is 38.8 Å². The standard InChI is InChI=1S/C26H30F2N6O3.H2S/c1-2-32-9-11-33(12-10-32)19-5-3-18(4-6-19)21-15-22-23(30-8-7-29-22)25(31-21)37-17-20-16-34(13-14-36-20)26(35)24(27)28;/h3-8,15,20,24H,2,9-14,16-17H2,1H3;1H2/t20-;/m0./s1. The Balaban J connectivity index is 0.00000336. The molecule has 4 heterocycles. The molecule has 2 fully saturated rings. The van der Waals surface area contributed by atoms with Crippen molar-refractivity contribution >= 4 is 36.1 Å². The zero-order valence-corrected chi connectivity index (χ0v) is 22.2. The highest BCUT2D eigenvalue weighted by Gasteiger charge is 2.30. The molecule has 1 amide bonds. The Kier molecular flexibility index (Phi) is 9.29. The predicted octanol–water partition coefficient (Wildman–Crippen LogP) is 2.82. The summed E-state index contributed by atoms with van der Waals surface area (Å²) in [5.74, 6) is -0.915. The molecule has 2 aliphatic heterocycles. The summed E-state index contributed by atoms with van der Waals surface area (Å²) in [5.41, 5.74) is 3.89. The van der Waals surface area contributed by atoms with Crippen LogP contribution in [0.3, 0.4) is 0 Å². The van der Waals surface area contributed by atoms with Gasteiger partial charge in [-0.05, 0) is 24.7 Å². The summed E-state index contributed by atoms with van der Waals surface area (Å²) in [5, 5.41) is 0. The third-order valence-electron chi connectivity index (χ3n) is 6.82. The minimum atomic E-state index is -3.04. The highest BCUT2D eigenvalue weighted by atomic mass is 32.1. The number of fused-ring (bicyclic) bond motifs is 1. The summed E-state index contributed by atoms with van der Waals surface area (Å²) in [6.07, 6.45) is -0.429. The molecule has 12 heteroatoms. The molecule has 2 aliphatic rings. The first kappa shape index (κ1) is 27.9. The first-order valence-corrected chi connectivity index (χ1v) is 12.5. The third-order valence-corrected chi connectivity index (χ3v) is 6.82. The van der Waals surface area contributed by atoms with Gasteiger partial charge in [-0.15, -0.1) is 0 Å². The second-order valence-electron chi connectivity index (χ2n) is 9.09. The summed E-state index contributed by atoms with van der Waals surface area (Å²) < 4.78 is 37.3. The van der Waals surface area contributed by atoms with Gasteiger partial charge in [-0.2, -0.15) is 22.3 Å². The van der Waals surface area contributed by atoms with Gasteiger partial charge in [0.15, 0.2) is 5.52 Å². The van der Waals surface area contributed by atoms with Crippen molar-refractivity contribution in [2.24, 2.45) is 0 Å². The van der Waals surface area contributed by atoms with E-state index in [-0.39, 0.29) is 45.7 Å². The van der Waals surface area contributed by atoms with Gasteiger partial charge < -0.3 is 24.2 Å². The highest BCUT2D eigenvalue weighted by molar-refractivity contribution is 7.59. The van der Waals surface area contributed by atoms with Crippen LogP contribution >= 0.6 is 13.5 Å². The van der Waals surface area contributed by atoms with Gasteiger partial charge in [0.2, 0.25) is 5.88 Å². The molecule has 0 bridgehead atoms. The van der Waals surface area contributed by atoms with Crippen LogP contribution in [0.1, 0.15) is 6.92 Å². The van der Waals surface area contributed by atoms with E-state index in [9.17, 15) is 13.6 Å². The van der Waals surface area contributed by atoms with Gasteiger partial charge >= 0.3 is 6.43 Å². The number of carbonyl (C=O) groups is 1. The molecule has 0 radical (unpaired) electrons. The molecule has 0 N–H and O–H groups in total. The van der Waals surface area contributed by atoms with Crippen LogP contribution in [0.15, 0.2) is 42.7 Å². The van der Waals surface area contributed by atoms with Gasteiger partial charge in [0, 0.05) is 56.4 Å². The molecule has 0 spiro atoms. The molecule has 204 valence electrons. The largest absolute Gasteiger partial charge is 0.473 e. The van der Waals surface area contributed by atoms with Crippen molar-refractivity contribution in [3.8, 4) is 17.1 Å². The van der Waals surface area contributed by atoms with Gasteiger partial charge in [-0.1, -0.05) is 19.1 Å². The molecule has 0 unspecified atom stereocenters. The minimum Gasteiger partial charge on any atom is -0.473 e. The Morgan fingerprint density at radius 3 is 2.55 bits per heavy atom. The lowest BCUT2D eigenvalue weighted by molar-refractivity contribution is -0.151. The van der Waals surface area contributed by atoms with E-state index in [4.69, 9.17) is 14.5 Å². The third kappa shape index (κ3) is 6.30. The number of rotatable bonds is 7. The number of nitrogens with zero attached hydrogens (tertiary/aromatic N) is 6. The van der Waals surface area contributed by atoms with Crippen molar-refractivity contribution in [3.63, 3.8) is 0 Å². The molecule has 2 saturated heterocycles. The number of hydrogen-bond donors (Lipinski definition) is 0. The van der Waals surface area contributed by atoms with Crippen LogP contribution in [0, 0.1) is 0 Å². The Bertz CT molecular complexity index is 1230. The van der Waals surface area contributed by atoms with Crippen LogP contribution < -0.4 is 9.64 Å². The lowest BCUT2D eigenvalue weighted by Gasteiger charge is -2.35. The summed E-state index contributed by atoms with van der Waals surface area (Å²) in [6, 6.07) is 10.1. The van der Waals surface area contributed by atoms with Crippen molar-refractivity contribution in [1.82, 2.24) is 24.8 Å². The number of benzene rings is 1. The van der Waals surface area contributed by atoms with E-state index in [1.165, 1.54) is 5.69 Å². The molecule has 5 rings (SSSR count). The monoisotopic (exact) mass is 546 g/mol. The number of amides is 1. The van der Waals surface area contributed by atoms with Crippen LogP contribution in [0.5, 0.6) is 5.88 Å². The van der Waals surface area contributed by atoms with E-state index < -0.39 is 18.4 Å². The zero-order chi connectivity index (χ0) is 25.8. The number of morpholine rings is 1. The van der Waals surface area contributed by atoms with Crippen LogP contribution in [-0.4, -0.2) is 102 Å². The molecular weight excluding hydrogens is 514 g/mol. The Labute approximate surface area is 227 Å². The zero-order valence-electron chi connectivity index (χ0n) is 21.2. The molecule has 0 aliphatic carbocycles. The molecule has 3 aromatic rings. The van der Waals surface area contributed by atoms with Crippen LogP contribution in [0.4, 0.5) is 14.5 Å². The molecule has 0 saturated carbocycles. The molecule has 2 aromatic heterocycles. The SMILES string of the molecule is CCN1CCN(c2ccc(-c3cc4nccnc4c(OC[C@@H]4CN(C(=O)C(F)F)CCO4)n3)cc2)CC1.S. The fourth-order valence-electron chi connectivity index (χ4n) is 4.69. The first-order valence-electron chi connectivity index (χ1n) is 12.5. The lowest BCUT2D eigenvalue weighted by Crippen LogP contribution is -2.49. The maximum atomic E-state index is 12.8. The average Bonchev–Trinajstić information content (AvgIpc) is 2.95. The van der Waals surface area contributed by atoms with Gasteiger partial charge in [-0.25, -0.2) is 9.97 Å². The second kappa shape index (κ2) is 12.6. The number of aromatic nitrogens is 3. The van der Waals surface area contributed by atoms with Crippen molar-refractivity contribution in [2.45, 2.75) is 19.5 Å². The number of carbonyl (C=O) groups excluding carboxylic acids is 1. The lowest BCUT2D eigenvalue weighted by atomic mass is 10.1. The summed E-state index contributed by atoms with van der Waals surface area (Å²) >= 11 is 0. The van der Waals surface area contributed by atoms with Crippen LogP contribution in [0.2, 0.25) is 0 Å². The van der Waals surface area contributed by atoms with Gasteiger partial charge in [0.05, 0.1) is 24.4 Å². The fraction of sp³-hybridized carbons (Fsp3) is 0.462. The van der Waals surface area contributed by atoms with Crippen LogP contribution in [0.25, 0.3) is 22.3 Å². The average molecular weight is 547 g/mol. The molecule has 1 aromatic carbocycles. The number of ether oxygens (including phenoxy) is 2. The fourth-order valence-corrected chi connectivity index (χ4v) is 4.69. The smallest absolute Gasteiger partial charge is 0.315 e. The quantitative estimate of drug-likeness (QED) is 0.448. The number of anilines is 1. The Hall–Kier alpha value is -3.09. The predicted molar refractivity (Wildman–Crippen MR) is 145 cm³/mol. The normalized spacial score (nSPS) is 18.5. The molecule has 1 atom stereocenters. The van der Waals surface area contributed by atoms with Crippen molar-refractivity contribution in [3.05, 3.63) is 42.7 Å². The van der Waals surface area contributed by atoms with Gasteiger partial charge in [0.25, 0.3) is 5.91 Å². The highest BCUT2D eigenvalue weighted by Crippen LogP contribution is 2.29. The maximum Gasteiger partial charge on any atom is 0.315 e. The number of piperazine rings is 1. The summed E-state index contributed by atoms with van der Waals surface area (Å²) in [7, 11) is 0. The van der Waals surface area contributed by atoms with Crippen LogP contribution in [-0.2, 0) is 9.53 Å². The Morgan fingerprint density at radius 2 is 1.84 bits per heavy atom. The number of pyridine rings is 1.